The van der Waals surface area contributed by atoms with Gasteiger partial charge in [0, 0.05) is 5.02 Å². The Labute approximate surface area is 208 Å². The van der Waals surface area contributed by atoms with Crippen molar-refractivity contribution in [2.24, 2.45) is 4.99 Å². The largest absolute Gasteiger partial charge is 0.490 e. The molecule has 1 fully saturated rings. The zero-order valence-corrected chi connectivity index (χ0v) is 20.6. The van der Waals surface area contributed by atoms with Gasteiger partial charge < -0.3 is 14.8 Å². The molecule has 0 unspecified atom stereocenters. The topological polar surface area (TPSA) is 59.9 Å². The fourth-order valence-electron chi connectivity index (χ4n) is 3.30. The number of ether oxygens (including phenoxy) is 2. The van der Waals surface area contributed by atoms with Crippen LogP contribution in [0.5, 0.6) is 11.5 Å². The number of nitrogens with one attached hydrogen (secondary N) is 1. The van der Waals surface area contributed by atoms with Crippen molar-refractivity contribution < 1.29 is 14.3 Å². The number of aryl methyl sites for hydroxylation is 1. The van der Waals surface area contributed by atoms with Gasteiger partial charge in [0.2, 0.25) is 0 Å². The summed E-state index contributed by atoms with van der Waals surface area (Å²) in [7, 11) is 0. The number of nitrogens with zero attached hydrogens (tertiary/aromatic N) is 1. The Kier molecular flexibility index (Phi) is 7.93. The molecule has 174 valence electrons. The van der Waals surface area contributed by atoms with Gasteiger partial charge in [0.15, 0.2) is 16.7 Å². The highest BCUT2D eigenvalue weighted by Crippen LogP contribution is 2.33. The van der Waals surface area contributed by atoms with Gasteiger partial charge in [-0.1, -0.05) is 48.9 Å². The Morgan fingerprint density at radius 2 is 1.68 bits per heavy atom. The molecule has 0 aliphatic carbocycles. The molecule has 0 saturated carbocycles. The van der Waals surface area contributed by atoms with Gasteiger partial charge in [-0.2, -0.15) is 0 Å². The van der Waals surface area contributed by atoms with Crippen molar-refractivity contribution in [1.82, 2.24) is 5.32 Å². The smallest absolute Gasteiger partial charge is 0.264 e. The first-order valence-corrected chi connectivity index (χ1v) is 12.3. The first-order chi connectivity index (χ1) is 16.5. The SMILES string of the molecule is CCOc1cc(/C=C2\SC(=Nc3ccc(CC)cc3)NC2=O)ccc1OCc1ccc(Cl)cc1. The number of hydrogen-bond donors (Lipinski definition) is 1. The summed E-state index contributed by atoms with van der Waals surface area (Å²) in [6.07, 6.45) is 2.80. The summed E-state index contributed by atoms with van der Waals surface area (Å²) < 4.78 is 11.8. The maximum Gasteiger partial charge on any atom is 0.264 e. The van der Waals surface area contributed by atoms with E-state index in [2.05, 4.69) is 17.2 Å². The number of hydrogen-bond acceptors (Lipinski definition) is 5. The van der Waals surface area contributed by atoms with Crippen molar-refractivity contribution in [1.29, 1.82) is 0 Å². The van der Waals surface area contributed by atoms with E-state index >= 15 is 0 Å². The summed E-state index contributed by atoms with van der Waals surface area (Å²) in [6.45, 7) is 4.93. The quantitative estimate of drug-likeness (QED) is 0.352. The van der Waals surface area contributed by atoms with Crippen LogP contribution in [0.1, 0.15) is 30.5 Å². The van der Waals surface area contributed by atoms with Gasteiger partial charge >= 0.3 is 0 Å². The van der Waals surface area contributed by atoms with Crippen molar-refractivity contribution in [2.45, 2.75) is 26.9 Å². The van der Waals surface area contributed by atoms with Crippen LogP contribution in [0.3, 0.4) is 0 Å². The molecule has 1 heterocycles. The Hall–Kier alpha value is -3.22. The molecule has 0 bridgehead atoms. The summed E-state index contributed by atoms with van der Waals surface area (Å²) in [5.74, 6) is 1.09. The van der Waals surface area contributed by atoms with Crippen molar-refractivity contribution in [3.8, 4) is 11.5 Å². The van der Waals surface area contributed by atoms with Gasteiger partial charge in [0.25, 0.3) is 5.91 Å². The average Bonchev–Trinajstić information content (AvgIpc) is 3.18. The molecule has 5 nitrogen and oxygen atoms in total. The van der Waals surface area contributed by atoms with Crippen molar-refractivity contribution in [2.75, 3.05) is 6.61 Å². The molecule has 0 spiro atoms. The average molecular weight is 493 g/mol. The van der Waals surface area contributed by atoms with Gasteiger partial charge in [0.05, 0.1) is 17.2 Å². The lowest BCUT2D eigenvalue weighted by atomic mass is 10.1. The second-order valence-electron chi connectivity index (χ2n) is 7.56. The van der Waals surface area contributed by atoms with Crippen LogP contribution in [0.15, 0.2) is 76.6 Å². The predicted molar refractivity (Wildman–Crippen MR) is 140 cm³/mol. The van der Waals surface area contributed by atoms with Gasteiger partial charge in [-0.05, 0) is 84.3 Å². The molecule has 0 radical (unpaired) electrons. The van der Waals surface area contributed by atoms with E-state index < -0.39 is 0 Å². The maximum atomic E-state index is 12.5. The second-order valence-corrected chi connectivity index (χ2v) is 9.02. The molecule has 1 saturated heterocycles. The molecule has 3 aromatic carbocycles. The van der Waals surface area contributed by atoms with Crippen LogP contribution in [0.25, 0.3) is 6.08 Å². The molecule has 0 aromatic heterocycles. The number of aliphatic imine (C=N–C) groups is 1. The van der Waals surface area contributed by atoms with E-state index in [0.29, 0.717) is 39.8 Å². The predicted octanol–water partition coefficient (Wildman–Crippen LogP) is 6.77. The van der Waals surface area contributed by atoms with Crippen molar-refractivity contribution >= 4 is 46.2 Å². The molecule has 4 rings (SSSR count). The van der Waals surface area contributed by atoms with Crippen LogP contribution >= 0.6 is 23.4 Å². The third kappa shape index (κ3) is 6.22. The number of carbonyl (C=O) groups is 1. The highest BCUT2D eigenvalue weighted by atomic mass is 35.5. The minimum absolute atomic E-state index is 0.171. The summed E-state index contributed by atoms with van der Waals surface area (Å²) >= 11 is 7.27. The van der Waals surface area contributed by atoms with E-state index in [4.69, 9.17) is 21.1 Å². The molecule has 1 aliphatic heterocycles. The third-order valence-corrected chi connectivity index (χ3v) is 6.26. The highest BCUT2D eigenvalue weighted by Gasteiger charge is 2.24. The molecular formula is C27H25ClN2O3S. The molecule has 1 aliphatic rings. The summed E-state index contributed by atoms with van der Waals surface area (Å²) in [5, 5.41) is 4.09. The molecule has 1 N–H and O–H groups in total. The summed E-state index contributed by atoms with van der Waals surface area (Å²) in [6, 6.07) is 21.2. The number of amides is 1. The lowest BCUT2D eigenvalue weighted by Gasteiger charge is -2.13. The van der Waals surface area contributed by atoms with Crippen molar-refractivity contribution in [3.05, 3.63) is 93.3 Å². The zero-order chi connectivity index (χ0) is 23.9. The zero-order valence-electron chi connectivity index (χ0n) is 19.0. The first kappa shape index (κ1) is 23.9. The molecule has 34 heavy (non-hydrogen) atoms. The van der Waals surface area contributed by atoms with Gasteiger partial charge in [-0.15, -0.1) is 0 Å². The van der Waals surface area contributed by atoms with Crippen LogP contribution < -0.4 is 14.8 Å². The van der Waals surface area contributed by atoms with Crippen molar-refractivity contribution in [3.63, 3.8) is 0 Å². The van der Waals surface area contributed by atoms with Gasteiger partial charge in [-0.3, -0.25) is 4.79 Å². The summed E-state index contributed by atoms with van der Waals surface area (Å²) in [4.78, 5) is 17.6. The van der Waals surface area contributed by atoms with E-state index in [-0.39, 0.29) is 5.91 Å². The molecule has 7 heteroatoms. The minimum atomic E-state index is -0.171. The van der Waals surface area contributed by atoms with Gasteiger partial charge in [-0.25, -0.2) is 4.99 Å². The lowest BCUT2D eigenvalue weighted by Crippen LogP contribution is -2.19. The number of benzene rings is 3. The molecule has 1 amide bonds. The molecule has 3 aromatic rings. The molecule has 0 atom stereocenters. The van der Waals surface area contributed by atoms with E-state index in [1.807, 2.05) is 79.7 Å². The fraction of sp³-hybridized carbons (Fsp3) is 0.185. The molecular weight excluding hydrogens is 468 g/mol. The number of thioether (sulfide) groups is 1. The lowest BCUT2D eigenvalue weighted by molar-refractivity contribution is -0.115. The van der Waals surface area contributed by atoms with Gasteiger partial charge in [0.1, 0.15) is 6.61 Å². The fourth-order valence-corrected chi connectivity index (χ4v) is 4.27. The number of halogens is 1. The Balaban J connectivity index is 1.48. The maximum absolute atomic E-state index is 12.5. The van der Waals surface area contributed by atoms with E-state index in [9.17, 15) is 4.79 Å². The van der Waals surface area contributed by atoms with E-state index in [0.717, 1.165) is 23.2 Å². The van der Waals surface area contributed by atoms with Crippen LogP contribution in [0.4, 0.5) is 5.69 Å². The monoisotopic (exact) mass is 492 g/mol. The van der Waals surface area contributed by atoms with E-state index in [1.165, 1.54) is 17.3 Å². The van der Waals surface area contributed by atoms with E-state index in [1.54, 1.807) is 0 Å². The first-order valence-electron chi connectivity index (χ1n) is 11.1. The van der Waals surface area contributed by atoms with Crippen LogP contribution in [0.2, 0.25) is 5.02 Å². The van der Waals surface area contributed by atoms with Crippen LogP contribution in [-0.2, 0) is 17.8 Å². The highest BCUT2D eigenvalue weighted by molar-refractivity contribution is 8.18. The Morgan fingerprint density at radius 3 is 2.38 bits per heavy atom. The second kappa shape index (κ2) is 11.3. The van der Waals surface area contributed by atoms with Crippen LogP contribution in [-0.4, -0.2) is 17.7 Å². The number of amidine groups is 1. The Morgan fingerprint density at radius 1 is 0.941 bits per heavy atom. The normalized spacial score (nSPS) is 15.6. The number of rotatable bonds is 8. The van der Waals surface area contributed by atoms with Crippen LogP contribution in [0, 0.1) is 0 Å². The minimum Gasteiger partial charge on any atom is -0.490 e. The Bertz CT molecular complexity index is 1220. The number of carbonyl (C=O) groups excluding carboxylic acids is 1. The standard InChI is InChI=1S/C27H25ClN2O3S/c1-3-18-7-12-22(13-8-18)29-27-30-26(31)25(34-27)16-20-9-14-23(24(15-20)32-4-2)33-17-19-5-10-21(28)11-6-19/h5-16H,3-4,17H2,1-2H3,(H,29,30,31)/b25-16-. The third-order valence-electron chi connectivity index (χ3n) is 5.10. The summed E-state index contributed by atoms with van der Waals surface area (Å²) in [5.41, 5.74) is 3.90.